The summed E-state index contributed by atoms with van der Waals surface area (Å²) in [5.41, 5.74) is 26.9. The van der Waals surface area contributed by atoms with Crippen LogP contribution < -0.4 is 32.4 Å². The molecule has 4 aromatic rings. The van der Waals surface area contributed by atoms with E-state index >= 15 is 0 Å². The summed E-state index contributed by atoms with van der Waals surface area (Å²) in [4.78, 5) is 0. The summed E-state index contributed by atoms with van der Waals surface area (Å²) in [6.07, 6.45) is 0. The monoisotopic (exact) mass is 440 g/mol. The van der Waals surface area contributed by atoms with Gasteiger partial charge in [0.05, 0.1) is 0 Å². The van der Waals surface area contributed by atoms with Gasteiger partial charge in [0.15, 0.2) is 0 Å². The van der Waals surface area contributed by atoms with E-state index < -0.39 is 5.41 Å². The summed E-state index contributed by atoms with van der Waals surface area (Å²) in [7, 11) is 0. The molecule has 4 rings (SSSR count). The SMILES string of the molecule is NCC(CN)(c1ccc(Oc2ccc(N)cc2)cc1)c1ccc(Oc2ccc(N)cc2)cc1. The second kappa shape index (κ2) is 9.65. The molecule has 33 heavy (non-hydrogen) atoms. The van der Waals surface area contributed by atoms with E-state index in [0.717, 1.165) is 34.1 Å². The molecular weight excluding hydrogens is 412 g/mol. The molecule has 0 aliphatic rings. The van der Waals surface area contributed by atoms with Crippen LogP contribution >= 0.6 is 0 Å². The van der Waals surface area contributed by atoms with Crippen LogP contribution in [0.4, 0.5) is 11.4 Å². The third-order valence-corrected chi connectivity index (χ3v) is 5.74. The molecule has 6 heteroatoms. The van der Waals surface area contributed by atoms with E-state index in [1.54, 1.807) is 24.3 Å². The Labute approximate surface area is 193 Å². The number of ether oxygens (including phenoxy) is 2. The van der Waals surface area contributed by atoms with Crippen molar-refractivity contribution in [2.75, 3.05) is 24.6 Å². The Bertz CT molecular complexity index is 1080. The van der Waals surface area contributed by atoms with Crippen LogP contribution in [0.1, 0.15) is 11.1 Å². The number of rotatable bonds is 8. The molecule has 8 N–H and O–H groups in total. The Kier molecular flexibility index (Phi) is 6.49. The quantitative estimate of drug-likeness (QED) is 0.296. The molecule has 0 aliphatic carbocycles. The molecule has 0 radical (unpaired) electrons. The van der Waals surface area contributed by atoms with E-state index in [-0.39, 0.29) is 0 Å². The van der Waals surface area contributed by atoms with Crippen molar-refractivity contribution >= 4 is 11.4 Å². The average molecular weight is 441 g/mol. The van der Waals surface area contributed by atoms with Crippen LogP contribution in [0.5, 0.6) is 23.0 Å². The average Bonchev–Trinajstić information content (AvgIpc) is 2.85. The molecule has 168 valence electrons. The van der Waals surface area contributed by atoms with Crippen molar-refractivity contribution in [1.82, 2.24) is 0 Å². The van der Waals surface area contributed by atoms with Crippen molar-refractivity contribution in [2.24, 2.45) is 11.5 Å². The number of hydrogen-bond donors (Lipinski definition) is 4. The molecule has 0 saturated carbocycles. The highest BCUT2D eigenvalue weighted by Gasteiger charge is 2.31. The lowest BCUT2D eigenvalue weighted by Crippen LogP contribution is -2.43. The van der Waals surface area contributed by atoms with E-state index in [1.165, 1.54) is 0 Å². The van der Waals surface area contributed by atoms with Crippen molar-refractivity contribution in [2.45, 2.75) is 5.41 Å². The smallest absolute Gasteiger partial charge is 0.127 e. The van der Waals surface area contributed by atoms with E-state index in [9.17, 15) is 0 Å². The molecule has 0 bridgehead atoms. The fraction of sp³-hybridized carbons (Fsp3) is 0.111. The first-order valence-electron chi connectivity index (χ1n) is 10.7. The normalized spacial score (nSPS) is 11.2. The summed E-state index contributed by atoms with van der Waals surface area (Å²) >= 11 is 0. The van der Waals surface area contributed by atoms with E-state index in [4.69, 9.17) is 32.4 Å². The summed E-state index contributed by atoms with van der Waals surface area (Å²) in [6.45, 7) is 0.722. The third kappa shape index (κ3) is 4.92. The maximum absolute atomic E-state index is 6.27. The summed E-state index contributed by atoms with van der Waals surface area (Å²) in [6, 6.07) is 30.3. The lowest BCUT2D eigenvalue weighted by atomic mass is 9.74. The second-order valence-corrected chi connectivity index (χ2v) is 7.88. The van der Waals surface area contributed by atoms with Crippen molar-refractivity contribution in [3.05, 3.63) is 108 Å². The van der Waals surface area contributed by atoms with Crippen molar-refractivity contribution < 1.29 is 9.47 Å². The van der Waals surface area contributed by atoms with Crippen LogP contribution in [-0.2, 0) is 5.41 Å². The Morgan fingerprint density at radius 3 is 1.00 bits per heavy atom. The maximum Gasteiger partial charge on any atom is 0.127 e. The van der Waals surface area contributed by atoms with Crippen molar-refractivity contribution in [3.8, 4) is 23.0 Å². The molecule has 0 saturated heterocycles. The zero-order valence-corrected chi connectivity index (χ0v) is 18.3. The topological polar surface area (TPSA) is 123 Å². The highest BCUT2D eigenvalue weighted by molar-refractivity contribution is 5.47. The van der Waals surface area contributed by atoms with Crippen LogP contribution in [0.25, 0.3) is 0 Å². The van der Waals surface area contributed by atoms with E-state index in [1.807, 2.05) is 72.8 Å². The molecule has 0 spiro atoms. The predicted molar refractivity (Wildman–Crippen MR) is 134 cm³/mol. The molecule has 0 heterocycles. The molecule has 0 unspecified atom stereocenters. The fourth-order valence-electron chi connectivity index (χ4n) is 3.75. The van der Waals surface area contributed by atoms with Crippen LogP contribution in [-0.4, -0.2) is 13.1 Å². The minimum atomic E-state index is -0.528. The van der Waals surface area contributed by atoms with Crippen LogP contribution in [0.15, 0.2) is 97.1 Å². The third-order valence-electron chi connectivity index (χ3n) is 5.74. The molecule has 0 fully saturated rings. The van der Waals surface area contributed by atoms with Gasteiger partial charge in [-0.2, -0.15) is 0 Å². The lowest BCUT2D eigenvalue weighted by Gasteiger charge is -2.32. The molecule has 6 nitrogen and oxygen atoms in total. The largest absolute Gasteiger partial charge is 0.457 e. The van der Waals surface area contributed by atoms with E-state index in [0.29, 0.717) is 24.5 Å². The molecule has 0 atom stereocenters. The van der Waals surface area contributed by atoms with Gasteiger partial charge in [0.1, 0.15) is 23.0 Å². The predicted octanol–water partition coefficient (Wildman–Crippen LogP) is 4.64. The van der Waals surface area contributed by atoms with Crippen molar-refractivity contribution in [3.63, 3.8) is 0 Å². The van der Waals surface area contributed by atoms with Gasteiger partial charge in [0.2, 0.25) is 0 Å². The van der Waals surface area contributed by atoms with E-state index in [2.05, 4.69) is 0 Å². The summed E-state index contributed by atoms with van der Waals surface area (Å²) in [5, 5.41) is 0. The van der Waals surface area contributed by atoms with Gasteiger partial charge in [-0.3, -0.25) is 0 Å². The van der Waals surface area contributed by atoms with Gasteiger partial charge < -0.3 is 32.4 Å². The number of benzene rings is 4. The van der Waals surface area contributed by atoms with Gasteiger partial charge >= 0.3 is 0 Å². The van der Waals surface area contributed by atoms with Gasteiger partial charge in [0.25, 0.3) is 0 Å². The van der Waals surface area contributed by atoms with Gasteiger partial charge in [-0.25, -0.2) is 0 Å². The maximum atomic E-state index is 6.27. The first-order valence-corrected chi connectivity index (χ1v) is 10.7. The van der Waals surface area contributed by atoms with Crippen LogP contribution in [0.3, 0.4) is 0 Å². The Morgan fingerprint density at radius 1 is 0.455 bits per heavy atom. The second-order valence-electron chi connectivity index (χ2n) is 7.88. The van der Waals surface area contributed by atoms with Crippen LogP contribution in [0.2, 0.25) is 0 Å². The number of anilines is 2. The highest BCUT2D eigenvalue weighted by Crippen LogP contribution is 2.34. The Hall–Kier alpha value is -4.00. The molecule has 0 aliphatic heterocycles. The molecule has 0 amide bonds. The fourth-order valence-corrected chi connectivity index (χ4v) is 3.75. The lowest BCUT2D eigenvalue weighted by molar-refractivity contribution is 0.479. The minimum absolute atomic E-state index is 0.361. The minimum Gasteiger partial charge on any atom is -0.457 e. The first kappa shape index (κ1) is 22.2. The number of nitrogens with two attached hydrogens (primary N) is 4. The van der Waals surface area contributed by atoms with Gasteiger partial charge in [0, 0.05) is 29.9 Å². The first-order chi connectivity index (χ1) is 16.0. The Morgan fingerprint density at radius 2 is 0.727 bits per heavy atom. The zero-order valence-electron chi connectivity index (χ0n) is 18.3. The van der Waals surface area contributed by atoms with Crippen LogP contribution in [0, 0.1) is 0 Å². The van der Waals surface area contributed by atoms with Gasteiger partial charge in [-0.15, -0.1) is 0 Å². The summed E-state index contributed by atoms with van der Waals surface area (Å²) < 4.78 is 11.8. The van der Waals surface area contributed by atoms with Gasteiger partial charge in [-0.1, -0.05) is 24.3 Å². The standard InChI is InChI=1S/C27H28N4O2/c28-17-27(18-29,19-1-9-23(10-2-19)32-25-13-5-21(30)6-14-25)20-3-11-24(12-4-20)33-26-15-7-22(31)8-16-26/h1-16H,17-18,28-31H2. The highest BCUT2D eigenvalue weighted by atomic mass is 16.5. The van der Waals surface area contributed by atoms with Gasteiger partial charge in [-0.05, 0) is 83.9 Å². The number of nitrogen functional groups attached to an aromatic ring is 2. The molecule has 0 aromatic heterocycles. The zero-order chi connectivity index (χ0) is 23.3. The Balaban J connectivity index is 1.54. The number of hydrogen-bond acceptors (Lipinski definition) is 6. The molecular formula is C27H28N4O2. The molecule has 4 aromatic carbocycles. The summed E-state index contributed by atoms with van der Waals surface area (Å²) in [5.74, 6) is 2.88. The van der Waals surface area contributed by atoms with Crippen molar-refractivity contribution in [1.29, 1.82) is 0 Å².